The highest BCUT2D eigenvalue weighted by Crippen LogP contribution is 2.35. The minimum Gasteiger partial charge on any atom is -0.472 e. The van der Waals surface area contributed by atoms with Gasteiger partial charge in [-0.2, -0.15) is 15.5 Å². The fraction of sp³-hybridized carbons (Fsp3) is 0.0952. The molecule has 0 saturated carbocycles. The van der Waals surface area contributed by atoms with Crippen LogP contribution in [0.1, 0.15) is 23.6 Å². The molecule has 1 aromatic carbocycles. The smallest absolute Gasteiger partial charge is 0.234 e. The zero-order valence-corrected chi connectivity index (χ0v) is 15.5. The highest BCUT2D eigenvalue weighted by atomic mass is 16.5. The molecule has 8 heteroatoms. The number of hydrogen-bond donors (Lipinski definition) is 2. The van der Waals surface area contributed by atoms with Gasteiger partial charge in [0, 0.05) is 36.1 Å². The maximum atomic E-state index is 11.2. The van der Waals surface area contributed by atoms with Crippen molar-refractivity contribution in [2.45, 2.75) is 13.5 Å². The number of nitrogens with one attached hydrogen (secondary N) is 1. The summed E-state index contributed by atoms with van der Waals surface area (Å²) in [5.74, 6) is -0.199. The monoisotopic (exact) mass is 384 g/mol. The lowest BCUT2D eigenvalue weighted by atomic mass is 9.96. The van der Waals surface area contributed by atoms with Crippen molar-refractivity contribution in [3.8, 4) is 29.1 Å². The Balaban J connectivity index is 2.05. The second-order valence-electron chi connectivity index (χ2n) is 6.06. The maximum absolute atomic E-state index is 11.2. The highest BCUT2D eigenvalue weighted by molar-refractivity contribution is 5.89. The van der Waals surface area contributed by atoms with Crippen LogP contribution in [0.3, 0.4) is 0 Å². The molecule has 0 unspecified atom stereocenters. The predicted molar refractivity (Wildman–Crippen MR) is 106 cm³/mol. The number of hydrogen-bond acceptors (Lipinski definition) is 7. The minimum atomic E-state index is -0.201. The lowest BCUT2D eigenvalue weighted by Gasteiger charge is -2.14. The second-order valence-corrected chi connectivity index (χ2v) is 6.06. The average molecular weight is 384 g/mol. The maximum Gasteiger partial charge on any atom is 0.234 e. The van der Waals surface area contributed by atoms with E-state index in [1.54, 1.807) is 42.7 Å². The topological polar surface area (TPSA) is 138 Å². The summed E-state index contributed by atoms with van der Waals surface area (Å²) in [4.78, 5) is 19.3. The van der Waals surface area contributed by atoms with Crippen LogP contribution in [-0.2, 0) is 11.4 Å². The normalized spacial score (nSPS) is 9.90. The Morgan fingerprint density at radius 2 is 1.90 bits per heavy atom. The number of aromatic nitrogens is 2. The van der Waals surface area contributed by atoms with Crippen molar-refractivity contribution in [3.63, 3.8) is 0 Å². The van der Waals surface area contributed by atoms with Crippen molar-refractivity contribution in [1.29, 1.82) is 10.5 Å². The molecule has 3 rings (SSSR count). The van der Waals surface area contributed by atoms with E-state index in [0.29, 0.717) is 16.8 Å². The molecular formula is C21H16N6O2. The van der Waals surface area contributed by atoms with Crippen LogP contribution in [0.5, 0.6) is 5.88 Å². The molecule has 0 saturated heterocycles. The number of carbonyl (C=O) groups is 1. The lowest BCUT2D eigenvalue weighted by Crippen LogP contribution is -2.07. The molecule has 0 aliphatic carbocycles. The summed E-state index contributed by atoms with van der Waals surface area (Å²) in [7, 11) is 0. The Bertz CT molecular complexity index is 1130. The summed E-state index contributed by atoms with van der Waals surface area (Å²) in [6.07, 6.45) is 3.28. The molecule has 0 bridgehead atoms. The van der Waals surface area contributed by atoms with E-state index in [-0.39, 0.29) is 35.3 Å². The van der Waals surface area contributed by atoms with Crippen LogP contribution in [0.25, 0.3) is 11.1 Å². The molecule has 1 amide bonds. The van der Waals surface area contributed by atoms with E-state index in [0.717, 1.165) is 5.56 Å². The molecule has 0 atom stereocenters. The largest absolute Gasteiger partial charge is 0.472 e. The Hall–Kier alpha value is -4.43. The third-order valence-corrected chi connectivity index (χ3v) is 4.01. The van der Waals surface area contributed by atoms with Crippen LogP contribution >= 0.6 is 0 Å². The van der Waals surface area contributed by atoms with Crippen molar-refractivity contribution in [1.82, 2.24) is 9.97 Å². The fourth-order valence-electron chi connectivity index (χ4n) is 2.75. The standard InChI is InChI=1S/C21H16N6O2/c1-13(28)26-16-6-4-15(5-7-16)19-17(9-22)20(24)27-21(18(19)10-23)29-12-14-3-2-8-25-11-14/h2-8,11H,12H2,1H3,(H2,24,27)(H,26,28). The average Bonchev–Trinajstić information content (AvgIpc) is 2.72. The Kier molecular flexibility index (Phi) is 5.67. The SMILES string of the molecule is CC(=O)Nc1ccc(-c2c(C#N)c(N)nc(OCc3cccnc3)c2C#N)cc1. The number of pyridine rings is 2. The molecule has 29 heavy (non-hydrogen) atoms. The van der Waals surface area contributed by atoms with Crippen LogP contribution in [0.4, 0.5) is 11.5 Å². The van der Waals surface area contributed by atoms with Crippen LogP contribution in [0, 0.1) is 22.7 Å². The minimum absolute atomic E-state index is 0.0337. The van der Waals surface area contributed by atoms with Gasteiger partial charge in [-0.05, 0) is 23.8 Å². The second kappa shape index (κ2) is 8.51. The summed E-state index contributed by atoms with van der Waals surface area (Å²) in [5.41, 5.74) is 8.45. The highest BCUT2D eigenvalue weighted by Gasteiger charge is 2.21. The Morgan fingerprint density at radius 1 is 1.17 bits per heavy atom. The Morgan fingerprint density at radius 3 is 2.48 bits per heavy atom. The molecule has 0 spiro atoms. The zero-order valence-electron chi connectivity index (χ0n) is 15.5. The first-order chi connectivity index (χ1) is 14.0. The molecule has 0 fully saturated rings. The van der Waals surface area contributed by atoms with Crippen molar-refractivity contribution in [2.75, 3.05) is 11.1 Å². The number of nitriles is 2. The van der Waals surface area contributed by atoms with Gasteiger partial charge in [0.15, 0.2) is 0 Å². The van der Waals surface area contributed by atoms with Crippen molar-refractivity contribution < 1.29 is 9.53 Å². The van der Waals surface area contributed by atoms with E-state index in [9.17, 15) is 15.3 Å². The molecule has 2 aromatic heterocycles. The number of rotatable bonds is 5. The molecule has 8 nitrogen and oxygen atoms in total. The van der Waals surface area contributed by atoms with Crippen molar-refractivity contribution >= 4 is 17.4 Å². The predicted octanol–water partition coefficient (Wildman–Crippen LogP) is 3.01. The quantitative estimate of drug-likeness (QED) is 0.689. The van der Waals surface area contributed by atoms with E-state index in [1.165, 1.54) is 6.92 Å². The summed E-state index contributed by atoms with van der Waals surface area (Å²) < 4.78 is 5.71. The third-order valence-electron chi connectivity index (χ3n) is 4.01. The van der Waals surface area contributed by atoms with E-state index in [4.69, 9.17) is 10.5 Å². The number of carbonyl (C=O) groups excluding carboxylic acids is 1. The molecule has 3 aromatic rings. The fourth-order valence-corrected chi connectivity index (χ4v) is 2.75. The van der Waals surface area contributed by atoms with E-state index < -0.39 is 0 Å². The number of nitrogens with two attached hydrogens (primary N) is 1. The summed E-state index contributed by atoms with van der Waals surface area (Å²) in [6, 6.07) is 14.4. The van der Waals surface area contributed by atoms with Crippen LogP contribution < -0.4 is 15.8 Å². The van der Waals surface area contributed by atoms with Gasteiger partial charge in [0.1, 0.15) is 35.7 Å². The Labute approximate surface area is 167 Å². The number of anilines is 2. The van der Waals surface area contributed by atoms with Crippen molar-refractivity contribution in [2.24, 2.45) is 0 Å². The van der Waals surface area contributed by atoms with Gasteiger partial charge < -0.3 is 15.8 Å². The number of benzene rings is 1. The van der Waals surface area contributed by atoms with Crippen LogP contribution in [-0.4, -0.2) is 15.9 Å². The molecular weight excluding hydrogens is 368 g/mol. The summed E-state index contributed by atoms with van der Waals surface area (Å²) in [5, 5.41) is 22.0. The van der Waals surface area contributed by atoms with Gasteiger partial charge in [0.2, 0.25) is 11.8 Å². The first-order valence-electron chi connectivity index (χ1n) is 8.57. The molecule has 0 aliphatic heterocycles. The number of nitrogens with zero attached hydrogens (tertiary/aromatic N) is 4. The van der Waals surface area contributed by atoms with Gasteiger partial charge in [-0.15, -0.1) is 0 Å². The summed E-state index contributed by atoms with van der Waals surface area (Å²) in [6.45, 7) is 1.55. The third kappa shape index (κ3) is 4.29. The zero-order chi connectivity index (χ0) is 20.8. The van der Waals surface area contributed by atoms with Gasteiger partial charge in [0.25, 0.3) is 0 Å². The van der Waals surface area contributed by atoms with E-state index in [2.05, 4.69) is 21.4 Å². The molecule has 0 aliphatic rings. The first-order valence-corrected chi connectivity index (χ1v) is 8.57. The van der Waals surface area contributed by atoms with E-state index in [1.807, 2.05) is 12.1 Å². The van der Waals surface area contributed by atoms with Crippen LogP contribution in [0.2, 0.25) is 0 Å². The number of ether oxygens (including phenoxy) is 1. The summed E-state index contributed by atoms with van der Waals surface area (Å²) >= 11 is 0. The van der Waals surface area contributed by atoms with Gasteiger partial charge >= 0.3 is 0 Å². The van der Waals surface area contributed by atoms with Gasteiger partial charge in [-0.25, -0.2) is 0 Å². The molecule has 0 radical (unpaired) electrons. The first kappa shape index (κ1) is 19.3. The number of amides is 1. The van der Waals surface area contributed by atoms with Crippen LogP contribution in [0.15, 0.2) is 48.8 Å². The lowest BCUT2D eigenvalue weighted by molar-refractivity contribution is -0.114. The molecule has 2 heterocycles. The number of nitrogen functional groups attached to an aromatic ring is 1. The van der Waals surface area contributed by atoms with Gasteiger partial charge in [-0.1, -0.05) is 18.2 Å². The molecule has 3 N–H and O–H groups in total. The van der Waals surface area contributed by atoms with E-state index >= 15 is 0 Å². The van der Waals surface area contributed by atoms with Gasteiger partial charge in [-0.3, -0.25) is 9.78 Å². The van der Waals surface area contributed by atoms with Gasteiger partial charge in [0.05, 0.1) is 0 Å². The van der Waals surface area contributed by atoms with Crippen molar-refractivity contribution in [3.05, 3.63) is 65.5 Å². The molecule has 142 valence electrons.